The molecule has 2 rings (SSSR count). The molecule has 0 N–H and O–H groups in total. The van der Waals surface area contributed by atoms with E-state index in [9.17, 15) is 0 Å². The van der Waals surface area contributed by atoms with E-state index in [-0.39, 0.29) is 0 Å². The predicted octanol–water partition coefficient (Wildman–Crippen LogP) is 2.60. The average molecular weight is 154 g/mol. The van der Waals surface area contributed by atoms with Gasteiger partial charge in [0, 0.05) is 0 Å². The van der Waals surface area contributed by atoms with Crippen molar-refractivity contribution in [1.29, 1.82) is 0 Å². The molecular weight excluding hydrogens is 136 g/mol. The van der Waals surface area contributed by atoms with Crippen LogP contribution in [0.25, 0.3) is 0 Å². The van der Waals surface area contributed by atoms with Gasteiger partial charge < -0.3 is 4.74 Å². The minimum absolute atomic E-state index is 0.345. The van der Waals surface area contributed by atoms with E-state index in [0.717, 1.165) is 12.5 Å². The fourth-order valence-electron chi connectivity index (χ4n) is 2.70. The van der Waals surface area contributed by atoms with Crippen molar-refractivity contribution in [1.82, 2.24) is 0 Å². The molecule has 0 aromatic rings. The van der Waals surface area contributed by atoms with Crippen LogP contribution in [0.3, 0.4) is 0 Å². The SMILES string of the molecule is CC(C)(C)C1CCCC12CO2. The molecule has 1 spiro atoms. The Morgan fingerprint density at radius 3 is 2.36 bits per heavy atom. The van der Waals surface area contributed by atoms with Crippen LogP contribution < -0.4 is 0 Å². The van der Waals surface area contributed by atoms with Crippen LogP contribution in [0.4, 0.5) is 0 Å². The summed E-state index contributed by atoms with van der Waals surface area (Å²) in [6.07, 6.45) is 4.07. The Labute approximate surface area is 69.1 Å². The molecule has 0 radical (unpaired) electrons. The molecule has 64 valence electrons. The average Bonchev–Trinajstić information content (AvgIpc) is 2.38. The molecule has 1 heteroatoms. The molecule has 1 aliphatic carbocycles. The molecule has 0 bridgehead atoms. The molecule has 0 aromatic heterocycles. The zero-order valence-electron chi connectivity index (χ0n) is 7.81. The first-order valence-corrected chi connectivity index (χ1v) is 4.69. The lowest BCUT2D eigenvalue weighted by molar-refractivity contribution is 0.139. The Hall–Kier alpha value is -0.0400. The fraction of sp³-hybridized carbons (Fsp3) is 1.00. The van der Waals surface area contributed by atoms with Gasteiger partial charge in [-0.25, -0.2) is 0 Å². The highest BCUT2D eigenvalue weighted by Crippen LogP contribution is 2.54. The Bertz CT molecular complexity index is 162. The highest BCUT2D eigenvalue weighted by atomic mass is 16.6. The molecule has 2 aliphatic rings. The number of hydrogen-bond donors (Lipinski definition) is 0. The van der Waals surface area contributed by atoms with Crippen LogP contribution >= 0.6 is 0 Å². The number of ether oxygens (including phenoxy) is 1. The third-order valence-electron chi connectivity index (χ3n) is 3.29. The molecular formula is C10H18O. The number of hydrogen-bond acceptors (Lipinski definition) is 1. The summed E-state index contributed by atoms with van der Waals surface area (Å²) in [5.41, 5.74) is 0.797. The van der Waals surface area contributed by atoms with E-state index in [0.29, 0.717) is 11.0 Å². The first-order valence-electron chi connectivity index (χ1n) is 4.69. The van der Waals surface area contributed by atoms with Gasteiger partial charge in [-0.05, 0) is 24.2 Å². The van der Waals surface area contributed by atoms with Crippen LogP contribution in [0.2, 0.25) is 0 Å². The number of epoxide rings is 1. The molecule has 1 saturated carbocycles. The first kappa shape index (κ1) is 7.60. The van der Waals surface area contributed by atoms with Gasteiger partial charge in [0.2, 0.25) is 0 Å². The summed E-state index contributed by atoms with van der Waals surface area (Å²) in [7, 11) is 0. The van der Waals surface area contributed by atoms with Gasteiger partial charge in [0.1, 0.15) is 0 Å². The van der Waals surface area contributed by atoms with Crippen molar-refractivity contribution in [2.45, 2.75) is 45.6 Å². The summed E-state index contributed by atoms with van der Waals surface area (Å²) >= 11 is 0. The maximum absolute atomic E-state index is 5.60. The molecule has 1 aliphatic heterocycles. The van der Waals surface area contributed by atoms with Crippen molar-refractivity contribution in [2.24, 2.45) is 11.3 Å². The van der Waals surface area contributed by atoms with E-state index >= 15 is 0 Å². The van der Waals surface area contributed by atoms with E-state index < -0.39 is 0 Å². The lowest BCUT2D eigenvalue weighted by Gasteiger charge is -2.30. The van der Waals surface area contributed by atoms with Gasteiger partial charge in [0.25, 0.3) is 0 Å². The molecule has 1 nitrogen and oxygen atoms in total. The zero-order valence-corrected chi connectivity index (χ0v) is 7.81. The predicted molar refractivity (Wildman–Crippen MR) is 45.5 cm³/mol. The van der Waals surface area contributed by atoms with E-state index in [4.69, 9.17) is 4.74 Å². The van der Waals surface area contributed by atoms with Gasteiger partial charge in [-0.3, -0.25) is 0 Å². The highest BCUT2D eigenvalue weighted by Gasteiger charge is 2.57. The van der Waals surface area contributed by atoms with E-state index in [1.54, 1.807) is 0 Å². The maximum atomic E-state index is 5.60. The molecule has 0 amide bonds. The Balaban J connectivity index is 2.14. The third-order valence-corrected chi connectivity index (χ3v) is 3.29. The lowest BCUT2D eigenvalue weighted by Crippen LogP contribution is -2.30. The topological polar surface area (TPSA) is 12.5 Å². The summed E-state index contributed by atoms with van der Waals surface area (Å²) in [6.45, 7) is 8.06. The van der Waals surface area contributed by atoms with Crippen molar-refractivity contribution in [3.63, 3.8) is 0 Å². The Morgan fingerprint density at radius 2 is 2.00 bits per heavy atom. The van der Waals surface area contributed by atoms with E-state index in [1.165, 1.54) is 19.3 Å². The quantitative estimate of drug-likeness (QED) is 0.489. The zero-order chi connectivity index (χ0) is 8.11. The lowest BCUT2D eigenvalue weighted by atomic mass is 9.75. The van der Waals surface area contributed by atoms with Crippen LogP contribution in [-0.4, -0.2) is 12.2 Å². The fourth-order valence-corrected chi connectivity index (χ4v) is 2.70. The monoisotopic (exact) mass is 154 g/mol. The van der Waals surface area contributed by atoms with Gasteiger partial charge in [0.05, 0.1) is 12.2 Å². The first-order chi connectivity index (χ1) is 5.05. The van der Waals surface area contributed by atoms with Crippen LogP contribution in [0, 0.1) is 11.3 Å². The van der Waals surface area contributed by atoms with Gasteiger partial charge in [-0.2, -0.15) is 0 Å². The van der Waals surface area contributed by atoms with Crippen LogP contribution in [0.15, 0.2) is 0 Å². The van der Waals surface area contributed by atoms with Gasteiger partial charge >= 0.3 is 0 Å². The Kier molecular flexibility index (Phi) is 1.39. The standard InChI is InChI=1S/C10H18O/c1-9(2,3)8-5-4-6-10(8)7-11-10/h8H,4-7H2,1-3H3. The summed E-state index contributed by atoms with van der Waals surface area (Å²) in [5, 5.41) is 0. The highest BCUT2D eigenvalue weighted by molar-refractivity contribution is 5.06. The van der Waals surface area contributed by atoms with Crippen molar-refractivity contribution in [2.75, 3.05) is 6.61 Å². The molecule has 11 heavy (non-hydrogen) atoms. The molecule has 1 saturated heterocycles. The second kappa shape index (κ2) is 2.01. The molecule has 0 aromatic carbocycles. The van der Waals surface area contributed by atoms with Crippen molar-refractivity contribution >= 4 is 0 Å². The summed E-state index contributed by atoms with van der Waals surface area (Å²) in [5.74, 6) is 0.815. The van der Waals surface area contributed by atoms with E-state index in [1.807, 2.05) is 0 Å². The Morgan fingerprint density at radius 1 is 1.36 bits per heavy atom. The van der Waals surface area contributed by atoms with Gasteiger partial charge in [-0.1, -0.05) is 27.2 Å². The van der Waals surface area contributed by atoms with Crippen molar-refractivity contribution in [3.8, 4) is 0 Å². The molecule has 2 fully saturated rings. The normalized spacial score (nSPS) is 43.4. The van der Waals surface area contributed by atoms with Crippen LogP contribution in [0.1, 0.15) is 40.0 Å². The minimum atomic E-state index is 0.345. The maximum Gasteiger partial charge on any atom is 0.0949 e. The minimum Gasteiger partial charge on any atom is -0.369 e. The van der Waals surface area contributed by atoms with Crippen LogP contribution in [-0.2, 0) is 4.74 Å². The van der Waals surface area contributed by atoms with Gasteiger partial charge in [0.15, 0.2) is 0 Å². The summed E-state index contributed by atoms with van der Waals surface area (Å²) in [6, 6.07) is 0. The van der Waals surface area contributed by atoms with Crippen LogP contribution in [0.5, 0.6) is 0 Å². The largest absolute Gasteiger partial charge is 0.369 e. The van der Waals surface area contributed by atoms with Crippen molar-refractivity contribution in [3.05, 3.63) is 0 Å². The summed E-state index contributed by atoms with van der Waals surface area (Å²) < 4.78 is 5.60. The van der Waals surface area contributed by atoms with Gasteiger partial charge in [-0.15, -0.1) is 0 Å². The second-order valence-electron chi connectivity index (χ2n) is 5.16. The smallest absolute Gasteiger partial charge is 0.0949 e. The van der Waals surface area contributed by atoms with Crippen molar-refractivity contribution < 1.29 is 4.74 Å². The molecule has 2 atom stereocenters. The second-order valence-corrected chi connectivity index (χ2v) is 5.16. The molecule has 1 heterocycles. The van der Waals surface area contributed by atoms with E-state index in [2.05, 4.69) is 20.8 Å². The molecule has 2 unspecified atom stereocenters. The third kappa shape index (κ3) is 1.10. The summed E-state index contributed by atoms with van der Waals surface area (Å²) in [4.78, 5) is 0. The number of rotatable bonds is 0.